The van der Waals surface area contributed by atoms with Crippen LogP contribution in [0.15, 0.2) is 72.8 Å². The van der Waals surface area contributed by atoms with E-state index in [0.717, 1.165) is 12.8 Å². The molecule has 0 saturated carbocycles. The summed E-state index contributed by atoms with van der Waals surface area (Å²) in [7, 11) is 0. The first-order valence-corrected chi connectivity index (χ1v) is 8.80. The number of rotatable bonds is 4. The minimum absolute atomic E-state index is 0.516. The van der Waals surface area contributed by atoms with Gasteiger partial charge >= 0.3 is 0 Å². The molecule has 132 valence electrons. The third-order valence-electron chi connectivity index (χ3n) is 4.06. The molecule has 2 rings (SSSR count). The van der Waals surface area contributed by atoms with Crippen molar-refractivity contribution in [2.24, 2.45) is 0 Å². The van der Waals surface area contributed by atoms with Crippen molar-refractivity contribution in [3.63, 3.8) is 0 Å². The Morgan fingerprint density at radius 3 is 1.29 bits per heavy atom. The maximum atomic E-state index is 12.8. The largest absolute Gasteiger partial charge is 0.239 e. The van der Waals surface area contributed by atoms with Gasteiger partial charge in [-0.15, -0.1) is 0 Å². The Balaban J connectivity index is 0.000000331. The van der Waals surface area contributed by atoms with Gasteiger partial charge in [-0.1, -0.05) is 88.0 Å². The molecule has 0 aromatic heterocycles. The van der Waals surface area contributed by atoms with Gasteiger partial charge in [0, 0.05) is 0 Å². The lowest BCUT2D eigenvalue weighted by Crippen LogP contribution is -2.16. The topological polar surface area (TPSA) is 0 Å². The van der Waals surface area contributed by atoms with Gasteiger partial charge in [-0.3, -0.25) is 0 Å². The van der Waals surface area contributed by atoms with Gasteiger partial charge in [0.2, 0.25) is 0 Å². The second-order valence-corrected chi connectivity index (χ2v) is 6.01. The molecule has 24 heavy (non-hydrogen) atoms. The third-order valence-corrected chi connectivity index (χ3v) is 4.06. The van der Waals surface area contributed by atoms with E-state index in [2.05, 4.69) is 69.0 Å². The van der Waals surface area contributed by atoms with E-state index < -0.39 is 5.67 Å². The van der Waals surface area contributed by atoms with Gasteiger partial charge in [-0.2, -0.15) is 0 Å². The molecule has 1 heteroatoms. The summed E-state index contributed by atoms with van der Waals surface area (Å²) in [4.78, 5) is 0. The summed E-state index contributed by atoms with van der Waals surface area (Å²) in [5.74, 6) is 0. The molecule has 0 aliphatic carbocycles. The SMILES string of the molecule is C=C(C)C(C)(F)CC.CCc1ccccc1.CCc1ccccc1. The van der Waals surface area contributed by atoms with E-state index in [1.807, 2.05) is 19.1 Å². The van der Waals surface area contributed by atoms with Crippen molar-refractivity contribution < 1.29 is 4.39 Å². The quantitative estimate of drug-likeness (QED) is 0.521. The number of alkyl halides is 1. The highest BCUT2D eigenvalue weighted by atomic mass is 19.1. The number of benzene rings is 2. The normalized spacial score (nSPS) is 11.9. The highest BCUT2D eigenvalue weighted by molar-refractivity contribution is 5.14. The van der Waals surface area contributed by atoms with Crippen molar-refractivity contribution in [1.29, 1.82) is 0 Å². The molecule has 2 aromatic rings. The van der Waals surface area contributed by atoms with Gasteiger partial charge in [-0.25, -0.2) is 4.39 Å². The van der Waals surface area contributed by atoms with Crippen LogP contribution in [-0.2, 0) is 12.8 Å². The van der Waals surface area contributed by atoms with Crippen LogP contribution in [0.25, 0.3) is 0 Å². The van der Waals surface area contributed by atoms with E-state index in [9.17, 15) is 4.39 Å². The van der Waals surface area contributed by atoms with E-state index in [4.69, 9.17) is 0 Å². The molecule has 0 aliphatic rings. The smallest absolute Gasteiger partial charge is 0.128 e. The van der Waals surface area contributed by atoms with Crippen LogP contribution in [0.3, 0.4) is 0 Å². The number of hydrogen-bond acceptors (Lipinski definition) is 0. The zero-order valence-electron chi connectivity index (χ0n) is 16.0. The zero-order valence-corrected chi connectivity index (χ0v) is 16.0. The maximum Gasteiger partial charge on any atom is 0.128 e. The van der Waals surface area contributed by atoms with E-state index in [0.29, 0.717) is 12.0 Å². The van der Waals surface area contributed by atoms with Gasteiger partial charge in [0.05, 0.1) is 0 Å². The number of halogens is 1. The van der Waals surface area contributed by atoms with E-state index in [1.54, 1.807) is 13.8 Å². The highest BCUT2D eigenvalue weighted by Gasteiger charge is 2.20. The summed E-state index contributed by atoms with van der Waals surface area (Å²) in [6.45, 7) is 12.9. The fraction of sp³-hybridized carbons (Fsp3) is 0.391. The number of allylic oxidation sites excluding steroid dienone is 1. The summed E-state index contributed by atoms with van der Waals surface area (Å²) in [6, 6.07) is 20.9. The van der Waals surface area contributed by atoms with E-state index >= 15 is 0 Å². The molecule has 0 aliphatic heterocycles. The number of aryl methyl sites for hydroxylation is 2. The van der Waals surface area contributed by atoms with Crippen LogP contribution in [0, 0.1) is 0 Å². The molecule has 1 unspecified atom stereocenters. The third kappa shape index (κ3) is 9.99. The molecule has 0 fully saturated rings. The van der Waals surface area contributed by atoms with E-state index in [-0.39, 0.29) is 0 Å². The lowest BCUT2D eigenvalue weighted by molar-refractivity contribution is 0.233. The van der Waals surface area contributed by atoms with Crippen LogP contribution in [0.1, 0.15) is 52.2 Å². The summed E-state index contributed by atoms with van der Waals surface area (Å²) in [5, 5.41) is 0. The molecule has 0 N–H and O–H groups in total. The molecule has 0 amide bonds. The first kappa shape index (κ1) is 22.1. The fourth-order valence-corrected chi connectivity index (χ4v) is 1.73. The average molecular weight is 329 g/mol. The van der Waals surface area contributed by atoms with Crippen LogP contribution >= 0.6 is 0 Å². The minimum Gasteiger partial charge on any atom is -0.239 e. The van der Waals surface area contributed by atoms with Gasteiger partial charge in [0.1, 0.15) is 5.67 Å². The average Bonchev–Trinajstić information content (AvgIpc) is 2.64. The molecule has 2 aromatic carbocycles. The van der Waals surface area contributed by atoms with Crippen LogP contribution in [0.5, 0.6) is 0 Å². The van der Waals surface area contributed by atoms with Crippen LogP contribution in [0.2, 0.25) is 0 Å². The fourth-order valence-electron chi connectivity index (χ4n) is 1.73. The van der Waals surface area contributed by atoms with Crippen molar-refractivity contribution >= 4 is 0 Å². The standard InChI is InChI=1S/2C8H10.C7H13F/c2*1-2-8-6-4-3-5-7-8;1-5-7(4,8)6(2)3/h2*3-7H,2H2,1H3;2,5H2,1,3-4H3. The first-order chi connectivity index (χ1) is 11.4. The predicted octanol–water partition coefficient (Wildman–Crippen LogP) is 7.20. The summed E-state index contributed by atoms with van der Waals surface area (Å²) in [5.41, 5.74) is 2.28. The molecule has 1 atom stereocenters. The Morgan fingerprint density at radius 2 is 1.17 bits per heavy atom. The molecule has 0 radical (unpaired) electrons. The molecule has 0 saturated heterocycles. The van der Waals surface area contributed by atoms with Gasteiger partial charge in [-0.05, 0) is 49.8 Å². The molecular weight excluding hydrogens is 295 g/mol. The van der Waals surface area contributed by atoms with Crippen molar-refractivity contribution in [1.82, 2.24) is 0 Å². The minimum atomic E-state index is -1.15. The molecular formula is C23H33F. The summed E-state index contributed by atoms with van der Waals surface area (Å²) in [6.07, 6.45) is 2.80. The predicted molar refractivity (Wildman–Crippen MR) is 106 cm³/mol. The maximum absolute atomic E-state index is 12.8. The van der Waals surface area contributed by atoms with Crippen molar-refractivity contribution in [3.05, 3.63) is 83.9 Å². The van der Waals surface area contributed by atoms with Gasteiger partial charge in [0.25, 0.3) is 0 Å². The summed E-state index contributed by atoms with van der Waals surface area (Å²) >= 11 is 0. The second kappa shape index (κ2) is 12.5. The van der Waals surface area contributed by atoms with Gasteiger partial charge < -0.3 is 0 Å². The van der Waals surface area contributed by atoms with Crippen molar-refractivity contribution in [2.75, 3.05) is 0 Å². The Hall–Kier alpha value is -1.89. The van der Waals surface area contributed by atoms with Crippen molar-refractivity contribution in [3.8, 4) is 0 Å². The Labute approximate surface area is 148 Å². The van der Waals surface area contributed by atoms with E-state index in [1.165, 1.54) is 11.1 Å². The lowest BCUT2D eigenvalue weighted by atomic mass is 9.98. The Kier molecular flexibility index (Phi) is 11.5. The second-order valence-electron chi connectivity index (χ2n) is 6.01. The van der Waals surface area contributed by atoms with Crippen molar-refractivity contribution in [2.45, 2.75) is 59.5 Å². The molecule has 0 bridgehead atoms. The summed E-state index contributed by atoms with van der Waals surface area (Å²) < 4.78 is 12.8. The first-order valence-electron chi connectivity index (χ1n) is 8.80. The molecule has 0 heterocycles. The number of hydrogen-bond donors (Lipinski definition) is 0. The molecule has 0 spiro atoms. The van der Waals surface area contributed by atoms with Crippen LogP contribution in [0.4, 0.5) is 4.39 Å². The Morgan fingerprint density at radius 1 is 0.833 bits per heavy atom. The Bertz CT molecular complexity index is 501. The lowest BCUT2D eigenvalue weighted by Gasteiger charge is -2.16. The zero-order chi connectivity index (χ0) is 18.4. The highest BCUT2D eigenvalue weighted by Crippen LogP contribution is 2.22. The van der Waals surface area contributed by atoms with Gasteiger partial charge in [0.15, 0.2) is 0 Å². The monoisotopic (exact) mass is 328 g/mol. The van der Waals surface area contributed by atoms with Crippen LogP contribution < -0.4 is 0 Å². The van der Waals surface area contributed by atoms with Crippen LogP contribution in [-0.4, -0.2) is 5.67 Å². The molecule has 0 nitrogen and oxygen atoms in total.